The number of benzene rings is 6. The molecule has 0 atom stereocenters. The SMILES string of the molecule is Cc1cnc2c3cc(Oc4ccc5c6ccccc6n(-c6nc7ccccc7n6-c6c(C(C)C)cccc6C(C)C)c5c4)ccc3c3ccccc3n12. The predicted molar refractivity (Wildman–Crippen MR) is 219 cm³/mol. The molecule has 4 aromatic heterocycles. The normalized spacial score (nSPS) is 12.2. The van der Waals surface area contributed by atoms with Crippen LogP contribution >= 0.6 is 0 Å². The summed E-state index contributed by atoms with van der Waals surface area (Å²) in [5.41, 5.74) is 11.2. The average Bonchev–Trinajstić information content (AvgIpc) is 3.85. The highest BCUT2D eigenvalue weighted by Crippen LogP contribution is 2.40. The van der Waals surface area contributed by atoms with Gasteiger partial charge in [0.25, 0.3) is 0 Å². The standard InChI is InChI=1S/C47H39N5O/c1-28(2)33-15-12-16-34(29(3)4)45(33)52-43-20-11-8-17-40(43)49-47(52)51-42-19-10-7-14-37(42)38-24-22-32(26-44(38)51)53-31-21-23-35-36-13-6-9-18-41(36)50-30(5)27-48-46(50)39(35)25-31/h6-29H,1-5H3. The van der Waals surface area contributed by atoms with E-state index in [1.165, 1.54) is 27.6 Å². The maximum absolute atomic E-state index is 6.75. The molecule has 6 nitrogen and oxygen atoms in total. The second-order valence-electron chi connectivity index (χ2n) is 14.7. The minimum Gasteiger partial charge on any atom is -0.457 e. The van der Waals surface area contributed by atoms with Gasteiger partial charge in [-0.3, -0.25) is 13.5 Å². The van der Waals surface area contributed by atoms with Crippen LogP contribution in [-0.4, -0.2) is 23.5 Å². The highest BCUT2D eigenvalue weighted by Gasteiger charge is 2.25. The molecule has 0 aliphatic rings. The van der Waals surface area contributed by atoms with Gasteiger partial charge in [-0.2, -0.15) is 0 Å². The fraction of sp³-hybridized carbons (Fsp3) is 0.149. The maximum Gasteiger partial charge on any atom is 0.220 e. The molecule has 10 rings (SSSR count). The van der Waals surface area contributed by atoms with Gasteiger partial charge in [0.2, 0.25) is 5.95 Å². The van der Waals surface area contributed by atoms with Gasteiger partial charge in [0.05, 0.1) is 33.3 Å². The number of aryl methyl sites for hydroxylation is 1. The summed E-state index contributed by atoms with van der Waals surface area (Å²) in [4.78, 5) is 10.2. The Morgan fingerprint density at radius 2 is 1.13 bits per heavy atom. The van der Waals surface area contributed by atoms with Crippen molar-refractivity contribution in [2.24, 2.45) is 0 Å². The molecule has 0 saturated heterocycles. The van der Waals surface area contributed by atoms with Gasteiger partial charge in [0, 0.05) is 39.5 Å². The van der Waals surface area contributed by atoms with Gasteiger partial charge in [-0.15, -0.1) is 0 Å². The lowest BCUT2D eigenvalue weighted by Gasteiger charge is -2.23. The first-order valence-electron chi connectivity index (χ1n) is 18.5. The minimum absolute atomic E-state index is 0.322. The summed E-state index contributed by atoms with van der Waals surface area (Å²) in [5, 5.41) is 5.72. The Balaban J connectivity index is 1.20. The van der Waals surface area contributed by atoms with Gasteiger partial charge in [-0.05, 0) is 89.9 Å². The molecule has 0 aliphatic heterocycles. The first-order valence-corrected chi connectivity index (χ1v) is 18.5. The number of fused-ring (bicyclic) bond motifs is 10. The number of nitrogens with zero attached hydrogens (tertiary/aromatic N) is 5. The smallest absolute Gasteiger partial charge is 0.220 e. The van der Waals surface area contributed by atoms with Crippen molar-refractivity contribution in [1.29, 1.82) is 0 Å². The Labute approximate surface area is 307 Å². The first-order chi connectivity index (χ1) is 25.9. The van der Waals surface area contributed by atoms with Crippen molar-refractivity contribution in [3.8, 4) is 23.1 Å². The van der Waals surface area contributed by atoms with Gasteiger partial charge >= 0.3 is 0 Å². The van der Waals surface area contributed by atoms with Crippen LogP contribution in [0.4, 0.5) is 0 Å². The van der Waals surface area contributed by atoms with Crippen LogP contribution in [-0.2, 0) is 0 Å². The van der Waals surface area contributed by atoms with Crippen molar-refractivity contribution in [1.82, 2.24) is 23.5 Å². The number of ether oxygens (including phenoxy) is 1. The topological polar surface area (TPSA) is 49.3 Å². The van der Waals surface area contributed by atoms with Crippen LogP contribution in [0.3, 0.4) is 0 Å². The lowest BCUT2D eigenvalue weighted by atomic mass is 9.92. The zero-order chi connectivity index (χ0) is 36.0. The molecule has 0 fully saturated rings. The van der Waals surface area contributed by atoms with Crippen molar-refractivity contribution in [3.05, 3.63) is 150 Å². The number of aromatic nitrogens is 5. The molecule has 0 unspecified atom stereocenters. The van der Waals surface area contributed by atoms with Gasteiger partial charge in [0.1, 0.15) is 17.1 Å². The van der Waals surface area contributed by atoms with E-state index < -0.39 is 0 Å². The fourth-order valence-corrected chi connectivity index (χ4v) is 8.35. The van der Waals surface area contributed by atoms with Crippen LogP contribution in [0, 0.1) is 6.92 Å². The van der Waals surface area contributed by atoms with Crippen LogP contribution in [0.15, 0.2) is 134 Å². The van der Waals surface area contributed by atoms with Gasteiger partial charge in [0.15, 0.2) is 0 Å². The van der Waals surface area contributed by atoms with E-state index in [1.54, 1.807) is 0 Å². The molecule has 0 spiro atoms. The molecule has 0 amide bonds. The molecular weight excluding hydrogens is 651 g/mol. The second kappa shape index (κ2) is 11.8. The van der Waals surface area contributed by atoms with Gasteiger partial charge in [-0.1, -0.05) is 94.4 Å². The Morgan fingerprint density at radius 3 is 1.87 bits per heavy atom. The third-order valence-electron chi connectivity index (χ3n) is 10.8. The second-order valence-corrected chi connectivity index (χ2v) is 14.7. The quantitative estimate of drug-likeness (QED) is 0.163. The van der Waals surface area contributed by atoms with Crippen LogP contribution in [0.2, 0.25) is 0 Å². The highest BCUT2D eigenvalue weighted by molar-refractivity contribution is 6.12. The van der Waals surface area contributed by atoms with E-state index >= 15 is 0 Å². The summed E-state index contributed by atoms with van der Waals surface area (Å²) < 4.78 is 13.7. The van der Waals surface area contributed by atoms with Gasteiger partial charge in [-0.25, -0.2) is 9.97 Å². The van der Waals surface area contributed by atoms with Crippen molar-refractivity contribution >= 4 is 60.2 Å². The van der Waals surface area contributed by atoms with Crippen LogP contribution in [0.1, 0.15) is 56.4 Å². The average molecular weight is 690 g/mol. The molecule has 0 saturated carbocycles. The summed E-state index contributed by atoms with van der Waals surface area (Å²) >= 11 is 0. The lowest BCUT2D eigenvalue weighted by molar-refractivity contribution is 0.484. The monoisotopic (exact) mass is 689 g/mol. The summed E-state index contributed by atoms with van der Waals surface area (Å²) in [6.45, 7) is 11.2. The van der Waals surface area contributed by atoms with Crippen molar-refractivity contribution in [2.75, 3.05) is 0 Å². The molecule has 4 heterocycles. The number of hydrogen-bond acceptors (Lipinski definition) is 3. The molecule has 53 heavy (non-hydrogen) atoms. The van der Waals surface area contributed by atoms with Crippen molar-refractivity contribution < 1.29 is 4.74 Å². The molecule has 0 bridgehead atoms. The molecule has 6 heteroatoms. The number of rotatable bonds is 6. The van der Waals surface area contributed by atoms with E-state index in [1.807, 2.05) is 6.20 Å². The number of para-hydroxylation sites is 5. The zero-order valence-electron chi connectivity index (χ0n) is 30.5. The molecule has 6 aromatic carbocycles. The maximum atomic E-state index is 6.75. The number of hydrogen-bond donors (Lipinski definition) is 0. The van der Waals surface area contributed by atoms with Crippen LogP contribution in [0.5, 0.6) is 11.5 Å². The summed E-state index contributed by atoms with van der Waals surface area (Å²) in [6, 6.07) is 45.2. The Hall–Kier alpha value is -6.40. The Bertz CT molecular complexity index is 3040. The fourth-order valence-electron chi connectivity index (χ4n) is 8.35. The third kappa shape index (κ3) is 4.71. The number of imidazole rings is 2. The van der Waals surface area contributed by atoms with Crippen LogP contribution < -0.4 is 4.74 Å². The first kappa shape index (κ1) is 31.3. The van der Waals surface area contributed by atoms with E-state index in [0.717, 1.165) is 72.5 Å². The van der Waals surface area contributed by atoms with E-state index in [4.69, 9.17) is 14.7 Å². The van der Waals surface area contributed by atoms with Gasteiger partial charge < -0.3 is 4.74 Å². The minimum atomic E-state index is 0.322. The Morgan fingerprint density at radius 1 is 0.528 bits per heavy atom. The molecule has 10 aromatic rings. The van der Waals surface area contributed by atoms with Crippen LogP contribution in [0.25, 0.3) is 71.8 Å². The van der Waals surface area contributed by atoms with E-state index in [9.17, 15) is 0 Å². The lowest BCUT2D eigenvalue weighted by Crippen LogP contribution is -2.11. The third-order valence-corrected chi connectivity index (χ3v) is 10.8. The summed E-state index contributed by atoms with van der Waals surface area (Å²) in [5.74, 6) is 3.02. The molecule has 0 radical (unpaired) electrons. The molecule has 258 valence electrons. The zero-order valence-corrected chi connectivity index (χ0v) is 30.5. The van der Waals surface area contributed by atoms with E-state index in [2.05, 4.69) is 176 Å². The predicted octanol–water partition coefficient (Wildman–Crippen LogP) is 12.4. The van der Waals surface area contributed by atoms with Crippen molar-refractivity contribution in [2.45, 2.75) is 46.5 Å². The summed E-state index contributed by atoms with van der Waals surface area (Å²) in [7, 11) is 0. The van der Waals surface area contributed by atoms with Crippen molar-refractivity contribution in [3.63, 3.8) is 0 Å². The highest BCUT2D eigenvalue weighted by atomic mass is 16.5. The number of pyridine rings is 1. The molecule has 0 N–H and O–H groups in total. The van der Waals surface area contributed by atoms with E-state index in [-0.39, 0.29) is 0 Å². The Kier molecular flexibility index (Phi) is 6.99. The molecular formula is C47H39N5O. The molecule has 0 aliphatic carbocycles. The largest absolute Gasteiger partial charge is 0.457 e. The van der Waals surface area contributed by atoms with E-state index in [0.29, 0.717) is 11.8 Å². The summed E-state index contributed by atoms with van der Waals surface area (Å²) in [6.07, 6.45) is 1.94.